The molecule has 1 aromatic rings. The van der Waals surface area contributed by atoms with E-state index in [-0.39, 0.29) is 5.41 Å². The van der Waals surface area contributed by atoms with Gasteiger partial charge in [-0.1, -0.05) is 6.42 Å². The lowest BCUT2D eigenvalue weighted by Gasteiger charge is -2.36. The zero-order chi connectivity index (χ0) is 8.44. The molecule has 0 atom stereocenters. The fourth-order valence-corrected chi connectivity index (χ4v) is 2.44. The highest BCUT2D eigenvalue weighted by molar-refractivity contribution is 7.07. The molecular weight excluding hydrogens is 168 g/mol. The van der Waals surface area contributed by atoms with Crippen LogP contribution in [0.3, 0.4) is 0 Å². The van der Waals surface area contributed by atoms with Crippen LogP contribution in [0.25, 0.3) is 0 Å². The van der Waals surface area contributed by atoms with E-state index in [4.69, 9.17) is 0 Å². The molecule has 0 radical (unpaired) electrons. The Morgan fingerprint density at radius 2 is 2.42 bits per heavy atom. The smallest absolute Gasteiger partial charge is 0.126 e. The molecule has 1 aliphatic rings. The number of hydrogen-bond acceptors (Lipinski definition) is 2. The number of rotatable bonds is 3. The first kappa shape index (κ1) is 7.99. The van der Waals surface area contributed by atoms with E-state index in [1.165, 1.54) is 12.0 Å². The van der Waals surface area contributed by atoms with Crippen molar-refractivity contribution in [2.45, 2.75) is 25.7 Å². The molecule has 12 heavy (non-hydrogen) atoms. The average molecular weight is 180 g/mol. The largest absolute Gasteiger partial charge is 0.303 e. The summed E-state index contributed by atoms with van der Waals surface area (Å²) in [7, 11) is 0. The lowest BCUT2D eigenvalue weighted by Crippen LogP contribution is -2.33. The topological polar surface area (TPSA) is 17.1 Å². The van der Waals surface area contributed by atoms with Gasteiger partial charge < -0.3 is 4.79 Å². The Morgan fingerprint density at radius 1 is 1.58 bits per heavy atom. The first-order chi connectivity index (χ1) is 5.85. The third-order valence-electron chi connectivity index (χ3n) is 2.74. The Labute approximate surface area is 76.4 Å². The molecule has 1 aromatic heterocycles. The van der Waals surface area contributed by atoms with Crippen molar-refractivity contribution in [2.75, 3.05) is 0 Å². The van der Waals surface area contributed by atoms with Crippen molar-refractivity contribution in [2.24, 2.45) is 5.41 Å². The van der Waals surface area contributed by atoms with Gasteiger partial charge in [-0.25, -0.2) is 0 Å². The Kier molecular flexibility index (Phi) is 2.01. The molecule has 1 aliphatic carbocycles. The molecule has 0 spiro atoms. The van der Waals surface area contributed by atoms with Gasteiger partial charge >= 0.3 is 0 Å². The molecule has 1 fully saturated rings. The minimum atomic E-state index is 0.0150. The maximum absolute atomic E-state index is 10.8. The van der Waals surface area contributed by atoms with Crippen molar-refractivity contribution in [1.82, 2.24) is 0 Å². The number of carbonyl (C=O) groups excluding carboxylic acids is 1. The molecule has 0 aliphatic heterocycles. The molecule has 0 aromatic carbocycles. The standard InChI is InChI=1S/C10H12OS/c11-8-10(3-1-4-10)6-9-2-5-12-7-9/h2,5,7-8H,1,3-4,6H2. The fourth-order valence-electron chi connectivity index (χ4n) is 1.77. The summed E-state index contributed by atoms with van der Waals surface area (Å²) in [6, 6.07) is 2.12. The van der Waals surface area contributed by atoms with E-state index in [9.17, 15) is 4.79 Å². The Morgan fingerprint density at radius 3 is 2.83 bits per heavy atom. The highest BCUT2D eigenvalue weighted by Crippen LogP contribution is 2.41. The van der Waals surface area contributed by atoms with Crippen LogP contribution in [0.15, 0.2) is 16.8 Å². The second-order valence-corrected chi connectivity index (χ2v) is 4.42. The Balaban J connectivity index is 2.06. The molecule has 2 rings (SSSR count). The third kappa shape index (κ3) is 1.31. The van der Waals surface area contributed by atoms with Crippen LogP contribution < -0.4 is 0 Å². The Bertz CT molecular complexity index is 259. The van der Waals surface area contributed by atoms with Crippen LogP contribution in [0, 0.1) is 5.41 Å². The zero-order valence-corrected chi connectivity index (χ0v) is 7.77. The lowest BCUT2D eigenvalue weighted by molar-refractivity contribution is -0.120. The van der Waals surface area contributed by atoms with Crippen molar-refractivity contribution in [3.05, 3.63) is 22.4 Å². The molecule has 0 N–H and O–H groups in total. The van der Waals surface area contributed by atoms with Crippen LogP contribution >= 0.6 is 11.3 Å². The monoisotopic (exact) mass is 180 g/mol. The number of carbonyl (C=O) groups is 1. The van der Waals surface area contributed by atoms with Crippen LogP contribution in [-0.2, 0) is 11.2 Å². The zero-order valence-electron chi connectivity index (χ0n) is 6.95. The molecule has 1 saturated carbocycles. The predicted molar refractivity (Wildman–Crippen MR) is 50.4 cm³/mol. The van der Waals surface area contributed by atoms with Gasteiger partial charge in [0.2, 0.25) is 0 Å². The number of aldehydes is 1. The van der Waals surface area contributed by atoms with Gasteiger partial charge in [0.25, 0.3) is 0 Å². The predicted octanol–water partition coefficient (Wildman–Crippen LogP) is 2.66. The normalized spacial score (nSPS) is 20.0. The fraction of sp³-hybridized carbons (Fsp3) is 0.500. The lowest BCUT2D eigenvalue weighted by atomic mass is 9.67. The molecule has 1 nitrogen and oxygen atoms in total. The van der Waals surface area contributed by atoms with Crippen LogP contribution in [-0.4, -0.2) is 6.29 Å². The van der Waals surface area contributed by atoms with E-state index in [2.05, 4.69) is 16.8 Å². The van der Waals surface area contributed by atoms with E-state index < -0.39 is 0 Å². The minimum absolute atomic E-state index is 0.0150. The van der Waals surface area contributed by atoms with E-state index >= 15 is 0 Å². The SMILES string of the molecule is O=CC1(Cc2ccsc2)CCC1. The van der Waals surface area contributed by atoms with E-state index in [0.29, 0.717) is 0 Å². The van der Waals surface area contributed by atoms with E-state index in [1.54, 1.807) is 11.3 Å². The van der Waals surface area contributed by atoms with Crippen molar-refractivity contribution >= 4 is 17.6 Å². The van der Waals surface area contributed by atoms with Gasteiger partial charge in [0.05, 0.1) is 0 Å². The highest BCUT2D eigenvalue weighted by atomic mass is 32.1. The van der Waals surface area contributed by atoms with Gasteiger partial charge in [0, 0.05) is 5.41 Å². The second-order valence-electron chi connectivity index (χ2n) is 3.64. The first-order valence-electron chi connectivity index (χ1n) is 4.32. The maximum Gasteiger partial charge on any atom is 0.126 e. The summed E-state index contributed by atoms with van der Waals surface area (Å²) in [4.78, 5) is 10.8. The van der Waals surface area contributed by atoms with Crippen LogP contribution in [0.2, 0.25) is 0 Å². The average Bonchev–Trinajstić information content (AvgIpc) is 2.49. The van der Waals surface area contributed by atoms with Crippen molar-refractivity contribution in [3.63, 3.8) is 0 Å². The van der Waals surface area contributed by atoms with Gasteiger partial charge in [0.1, 0.15) is 6.29 Å². The molecular formula is C10H12OS. The van der Waals surface area contributed by atoms with Crippen LogP contribution in [0.5, 0.6) is 0 Å². The molecule has 0 amide bonds. The minimum Gasteiger partial charge on any atom is -0.303 e. The summed E-state index contributed by atoms with van der Waals surface area (Å²) in [6.45, 7) is 0. The summed E-state index contributed by atoms with van der Waals surface area (Å²) < 4.78 is 0. The quantitative estimate of drug-likeness (QED) is 0.653. The second kappa shape index (κ2) is 3.02. The van der Waals surface area contributed by atoms with Crippen molar-refractivity contribution in [3.8, 4) is 0 Å². The van der Waals surface area contributed by atoms with Gasteiger partial charge in [-0.05, 0) is 41.7 Å². The molecule has 0 saturated heterocycles. The molecule has 2 heteroatoms. The summed E-state index contributed by atoms with van der Waals surface area (Å²) >= 11 is 1.71. The number of hydrogen-bond donors (Lipinski definition) is 0. The molecule has 1 heterocycles. The summed E-state index contributed by atoms with van der Waals surface area (Å²) in [5.74, 6) is 0. The van der Waals surface area contributed by atoms with Gasteiger partial charge in [-0.3, -0.25) is 0 Å². The van der Waals surface area contributed by atoms with E-state index in [0.717, 1.165) is 25.5 Å². The summed E-state index contributed by atoms with van der Waals surface area (Å²) in [5.41, 5.74) is 1.34. The third-order valence-corrected chi connectivity index (χ3v) is 3.47. The summed E-state index contributed by atoms with van der Waals surface area (Å²) in [5, 5.41) is 4.22. The Hall–Kier alpha value is -0.630. The van der Waals surface area contributed by atoms with Gasteiger partial charge in [0.15, 0.2) is 0 Å². The molecule has 0 bridgehead atoms. The van der Waals surface area contributed by atoms with Crippen LogP contribution in [0.1, 0.15) is 24.8 Å². The molecule has 64 valence electrons. The van der Waals surface area contributed by atoms with Crippen molar-refractivity contribution < 1.29 is 4.79 Å². The van der Waals surface area contributed by atoms with Crippen LogP contribution in [0.4, 0.5) is 0 Å². The first-order valence-corrected chi connectivity index (χ1v) is 5.26. The highest BCUT2D eigenvalue weighted by Gasteiger charge is 2.36. The number of thiophene rings is 1. The van der Waals surface area contributed by atoms with Gasteiger partial charge in [-0.15, -0.1) is 0 Å². The van der Waals surface area contributed by atoms with Gasteiger partial charge in [-0.2, -0.15) is 11.3 Å². The van der Waals surface area contributed by atoms with E-state index in [1.807, 2.05) is 0 Å². The van der Waals surface area contributed by atoms with Crippen molar-refractivity contribution in [1.29, 1.82) is 0 Å². The molecule has 0 unspecified atom stereocenters. The summed E-state index contributed by atoms with van der Waals surface area (Å²) in [6.07, 6.45) is 5.52. The maximum atomic E-state index is 10.8.